The van der Waals surface area contributed by atoms with Gasteiger partial charge in [-0.15, -0.1) is 13.2 Å². The molecule has 1 N–H and O–H groups in total. The minimum absolute atomic E-state index is 0.175. The van der Waals surface area contributed by atoms with Gasteiger partial charge in [0, 0.05) is 24.5 Å². The molecule has 0 saturated heterocycles. The monoisotopic (exact) mass is 360 g/mol. The summed E-state index contributed by atoms with van der Waals surface area (Å²) in [7, 11) is 1.51. The van der Waals surface area contributed by atoms with Gasteiger partial charge in [0.25, 0.3) is 0 Å². The first kappa shape index (κ1) is 18.5. The summed E-state index contributed by atoms with van der Waals surface area (Å²) in [4.78, 5) is 13.3. The normalized spacial score (nSPS) is 11.1. The third kappa shape index (κ3) is 5.63. The van der Waals surface area contributed by atoms with E-state index in [1.807, 2.05) is 0 Å². The van der Waals surface area contributed by atoms with Crippen LogP contribution in [-0.4, -0.2) is 25.9 Å². The zero-order chi connectivity index (χ0) is 18.6. The van der Waals surface area contributed by atoms with Gasteiger partial charge in [0.05, 0.1) is 6.54 Å². The van der Waals surface area contributed by atoms with Crippen LogP contribution in [-0.2, 0) is 4.79 Å². The fraction of sp³-hybridized carbons (Fsp3) is 0.188. The van der Waals surface area contributed by atoms with Crippen molar-refractivity contribution >= 4 is 17.3 Å². The van der Waals surface area contributed by atoms with E-state index in [1.54, 1.807) is 0 Å². The standard InChI is InChI=1S/C16H13F5N2O2/c1-23(11-4-7-13(17)14(18)8-11)9-15(24)22-10-2-5-12(6-3-10)25-16(19,20)21/h2-8H,9H2,1H3,(H,22,24). The van der Waals surface area contributed by atoms with Crippen molar-refractivity contribution in [2.45, 2.75) is 6.36 Å². The molecule has 1 amide bonds. The number of hydrogen-bond donors (Lipinski definition) is 1. The Bertz CT molecular complexity index is 747. The number of carbonyl (C=O) groups excluding carboxylic acids is 1. The molecule has 2 aromatic rings. The molecule has 2 rings (SSSR count). The van der Waals surface area contributed by atoms with Crippen LogP contribution in [0.2, 0.25) is 0 Å². The average molecular weight is 360 g/mol. The van der Waals surface area contributed by atoms with Crippen molar-refractivity contribution in [3.8, 4) is 5.75 Å². The molecule has 25 heavy (non-hydrogen) atoms. The SMILES string of the molecule is CN(CC(=O)Nc1ccc(OC(F)(F)F)cc1)c1ccc(F)c(F)c1. The molecule has 0 aliphatic carbocycles. The Hall–Kier alpha value is -2.84. The lowest BCUT2D eigenvalue weighted by Gasteiger charge is -2.19. The largest absolute Gasteiger partial charge is 0.573 e. The molecule has 2 aromatic carbocycles. The van der Waals surface area contributed by atoms with Gasteiger partial charge in [0.1, 0.15) is 5.75 Å². The van der Waals surface area contributed by atoms with Crippen molar-refractivity contribution < 1.29 is 31.5 Å². The smallest absolute Gasteiger partial charge is 0.406 e. The van der Waals surface area contributed by atoms with E-state index in [-0.39, 0.29) is 12.2 Å². The van der Waals surface area contributed by atoms with E-state index >= 15 is 0 Å². The van der Waals surface area contributed by atoms with Gasteiger partial charge in [-0.2, -0.15) is 0 Å². The molecule has 0 heterocycles. The summed E-state index contributed by atoms with van der Waals surface area (Å²) in [5, 5.41) is 2.47. The molecule has 0 saturated carbocycles. The highest BCUT2D eigenvalue weighted by Gasteiger charge is 2.30. The zero-order valence-electron chi connectivity index (χ0n) is 12.9. The summed E-state index contributed by atoms with van der Waals surface area (Å²) in [6.07, 6.45) is -4.79. The second kappa shape index (κ2) is 7.37. The van der Waals surface area contributed by atoms with E-state index in [4.69, 9.17) is 0 Å². The quantitative estimate of drug-likeness (QED) is 0.822. The summed E-state index contributed by atoms with van der Waals surface area (Å²) >= 11 is 0. The van der Waals surface area contributed by atoms with Crippen LogP contribution in [0, 0.1) is 11.6 Å². The summed E-state index contributed by atoms with van der Waals surface area (Å²) < 4.78 is 66.0. The van der Waals surface area contributed by atoms with Crippen LogP contribution in [0.4, 0.5) is 33.3 Å². The number of nitrogens with one attached hydrogen (secondary N) is 1. The van der Waals surface area contributed by atoms with Gasteiger partial charge in [-0.25, -0.2) is 8.78 Å². The fourth-order valence-corrected chi connectivity index (χ4v) is 1.97. The number of ether oxygens (including phenoxy) is 1. The Morgan fingerprint density at radius 2 is 1.72 bits per heavy atom. The number of halogens is 5. The lowest BCUT2D eigenvalue weighted by Crippen LogP contribution is -2.30. The third-order valence-corrected chi connectivity index (χ3v) is 3.10. The second-order valence-corrected chi connectivity index (χ2v) is 5.07. The highest BCUT2D eigenvalue weighted by atomic mass is 19.4. The van der Waals surface area contributed by atoms with Crippen LogP contribution >= 0.6 is 0 Å². The Balaban J connectivity index is 1.94. The van der Waals surface area contributed by atoms with Gasteiger partial charge < -0.3 is 15.0 Å². The van der Waals surface area contributed by atoms with E-state index in [1.165, 1.54) is 30.1 Å². The molecule has 4 nitrogen and oxygen atoms in total. The van der Waals surface area contributed by atoms with Crippen molar-refractivity contribution in [1.82, 2.24) is 0 Å². The molecule has 134 valence electrons. The number of amides is 1. The molecule has 0 radical (unpaired) electrons. The van der Waals surface area contributed by atoms with Gasteiger partial charge in [-0.1, -0.05) is 0 Å². The Labute approximate surface area is 139 Å². The number of hydrogen-bond acceptors (Lipinski definition) is 3. The first-order valence-electron chi connectivity index (χ1n) is 6.96. The molecule has 9 heteroatoms. The molecule has 0 spiro atoms. The number of carbonyl (C=O) groups is 1. The molecular weight excluding hydrogens is 347 g/mol. The van der Waals surface area contributed by atoms with Crippen LogP contribution in [0.3, 0.4) is 0 Å². The van der Waals surface area contributed by atoms with E-state index < -0.39 is 29.7 Å². The summed E-state index contributed by atoms with van der Waals surface area (Å²) in [6, 6.07) is 7.82. The molecule has 0 bridgehead atoms. The number of nitrogens with zero attached hydrogens (tertiary/aromatic N) is 1. The van der Waals surface area contributed by atoms with Crippen LogP contribution in [0.1, 0.15) is 0 Å². The number of alkyl halides is 3. The van der Waals surface area contributed by atoms with Gasteiger partial charge in [-0.05, 0) is 36.4 Å². The predicted molar refractivity (Wildman–Crippen MR) is 81.4 cm³/mol. The van der Waals surface area contributed by atoms with Crippen molar-refractivity contribution in [2.24, 2.45) is 0 Å². The molecule has 0 aliphatic heterocycles. The van der Waals surface area contributed by atoms with Crippen LogP contribution in [0.5, 0.6) is 5.75 Å². The summed E-state index contributed by atoms with van der Waals surface area (Å²) in [5.41, 5.74) is 0.557. The van der Waals surface area contributed by atoms with Gasteiger partial charge in [0.2, 0.25) is 5.91 Å². The minimum Gasteiger partial charge on any atom is -0.406 e. The maximum absolute atomic E-state index is 13.2. The van der Waals surface area contributed by atoms with E-state index in [0.29, 0.717) is 5.69 Å². The Morgan fingerprint density at radius 3 is 2.28 bits per heavy atom. The topological polar surface area (TPSA) is 41.6 Å². The highest BCUT2D eigenvalue weighted by Crippen LogP contribution is 2.24. The van der Waals surface area contributed by atoms with Crippen molar-refractivity contribution in [1.29, 1.82) is 0 Å². The third-order valence-electron chi connectivity index (χ3n) is 3.10. The molecule has 0 aliphatic rings. The predicted octanol–water partition coefficient (Wildman–Crippen LogP) is 3.94. The molecule has 0 unspecified atom stereocenters. The van der Waals surface area contributed by atoms with Gasteiger partial charge >= 0.3 is 6.36 Å². The zero-order valence-corrected chi connectivity index (χ0v) is 12.9. The highest BCUT2D eigenvalue weighted by molar-refractivity contribution is 5.94. The van der Waals surface area contributed by atoms with E-state index in [2.05, 4.69) is 10.1 Å². The van der Waals surface area contributed by atoms with Crippen molar-refractivity contribution in [2.75, 3.05) is 23.8 Å². The lowest BCUT2D eigenvalue weighted by atomic mass is 10.2. The number of benzene rings is 2. The minimum atomic E-state index is -4.79. The average Bonchev–Trinajstić information content (AvgIpc) is 2.50. The number of likely N-dealkylation sites (N-methyl/N-ethyl adjacent to an activating group) is 1. The Morgan fingerprint density at radius 1 is 1.08 bits per heavy atom. The number of anilines is 2. The van der Waals surface area contributed by atoms with Gasteiger partial charge in [0.15, 0.2) is 11.6 Å². The summed E-state index contributed by atoms with van der Waals surface area (Å²) in [6.45, 7) is -0.175. The van der Waals surface area contributed by atoms with E-state index in [9.17, 15) is 26.7 Å². The molecule has 0 fully saturated rings. The van der Waals surface area contributed by atoms with Crippen LogP contribution in [0.25, 0.3) is 0 Å². The van der Waals surface area contributed by atoms with Crippen molar-refractivity contribution in [3.63, 3.8) is 0 Å². The van der Waals surface area contributed by atoms with Crippen molar-refractivity contribution in [3.05, 3.63) is 54.1 Å². The summed E-state index contributed by atoms with van der Waals surface area (Å²) in [5.74, 6) is -2.94. The van der Waals surface area contributed by atoms with Crippen LogP contribution < -0.4 is 15.0 Å². The molecular formula is C16H13F5N2O2. The molecule has 0 atom stereocenters. The fourth-order valence-electron chi connectivity index (χ4n) is 1.97. The van der Waals surface area contributed by atoms with Gasteiger partial charge in [-0.3, -0.25) is 4.79 Å². The Kier molecular flexibility index (Phi) is 5.45. The second-order valence-electron chi connectivity index (χ2n) is 5.07. The first-order chi connectivity index (χ1) is 11.6. The van der Waals surface area contributed by atoms with Crippen LogP contribution in [0.15, 0.2) is 42.5 Å². The lowest BCUT2D eigenvalue weighted by molar-refractivity contribution is -0.274. The maximum atomic E-state index is 13.2. The molecule has 0 aromatic heterocycles. The van der Waals surface area contributed by atoms with E-state index in [0.717, 1.165) is 24.3 Å². The first-order valence-corrected chi connectivity index (χ1v) is 6.96. The number of rotatable bonds is 5. The maximum Gasteiger partial charge on any atom is 0.573 e.